The van der Waals surface area contributed by atoms with E-state index < -0.39 is 5.60 Å². The lowest BCUT2D eigenvalue weighted by Crippen LogP contribution is -2.47. The number of rotatable bonds is 2. The zero-order valence-corrected chi connectivity index (χ0v) is 9.26. The van der Waals surface area contributed by atoms with Gasteiger partial charge in [0.25, 0.3) is 0 Å². The number of hydrogen-bond acceptors (Lipinski definition) is 3. The highest BCUT2D eigenvalue weighted by Gasteiger charge is 2.44. The smallest absolute Gasteiger partial charge is 0.228 e. The van der Waals surface area contributed by atoms with Gasteiger partial charge >= 0.3 is 0 Å². The molecule has 0 heterocycles. The normalized spacial score (nSPS) is 28.6. The van der Waals surface area contributed by atoms with E-state index in [1.54, 1.807) is 0 Å². The van der Waals surface area contributed by atoms with Crippen molar-refractivity contribution in [2.45, 2.75) is 39.2 Å². The van der Waals surface area contributed by atoms with Gasteiger partial charge in [0.05, 0.1) is 7.11 Å². The maximum atomic E-state index is 11.9. The van der Waals surface area contributed by atoms with E-state index >= 15 is 0 Å². The average Bonchev–Trinajstić information content (AvgIpc) is 2.13. The molecule has 0 aromatic rings. The van der Waals surface area contributed by atoms with E-state index in [0.717, 1.165) is 12.0 Å². The van der Waals surface area contributed by atoms with Gasteiger partial charge < -0.3 is 9.84 Å². The van der Waals surface area contributed by atoms with E-state index in [0.29, 0.717) is 12.2 Å². The minimum absolute atomic E-state index is 0.0757. The number of hydrogen-bond donors (Lipinski definition) is 1. The summed E-state index contributed by atoms with van der Waals surface area (Å²) >= 11 is 0. The Balaban J connectivity index is 3.06. The van der Waals surface area contributed by atoms with Gasteiger partial charge in [-0.25, -0.2) is 0 Å². The number of carbonyl (C=O) groups is 1. The van der Waals surface area contributed by atoms with E-state index in [-0.39, 0.29) is 11.7 Å². The van der Waals surface area contributed by atoms with E-state index in [1.807, 2.05) is 20.8 Å². The lowest BCUT2D eigenvalue weighted by atomic mass is 9.76. The third kappa shape index (κ3) is 1.57. The standard InChI is InChI=1S/C11H18O3/c1-7(2)11(13)6-5-8(3)9(14-4)10(11)12/h7,13H,5-6H2,1-4H3. The quantitative estimate of drug-likeness (QED) is 0.734. The summed E-state index contributed by atoms with van der Waals surface area (Å²) in [6.45, 7) is 5.58. The number of carbonyl (C=O) groups excluding carboxylic acids is 1. The molecule has 1 rings (SSSR count). The van der Waals surface area contributed by atoms with Crippen molar-refractivity contribution in [3.8, 4) is 0 Å². The van der Waals surface area contributed by atoms with Crippen molar-refractivity contribution in [1.29, 1.82) is 0 Å². The molecule has 0 radical (unpaired) electrons. The summed E-state index contributed by atoms with van der Waals surface area (Å²) in [6.07, 6.45) is 1.23. The summed E-state index contributed by atoms with van der Waals surface area (Å²) < 4.78 is 5.03. The average molecular weight is 198 g/mol. The monoisotopic (exact) mass is 198 g/mol. The van der Waals surface area contributed by atoms with Crippen LogP contribution in [0.25, 0.3) is 0 Å². The summed E-state index contributed by atoms with van der Waals surface area (Å²) in [4.78, 5) is 11.9. The Labute approximate surface area is 84.8 Å². The molecule has 0 amide bonds. The third-order valence-corrected chi connectivity index (χ3v) is 3.03. The van der Waals surface area contributed by atoms with E-state index in [2.05, 4.69) is 0 Å². The van der Waals surface area contributed by atoms with Crippen LogP contribution < -0.4 is 0 Å². The van der Waals surface area contributed by atoms with Crippen LogP contribution in [0, 0.1) is 5.92 Å². The Hall–Kier alpha value is -0.830. The van der Waals surface area contributed by atoms with Crippen molar-refractivity contribution in [1.82, 2.24) is 0 Å². The fourth-order valence-corrected chi connectivity index (χ4v) is 1.81. The first-order valence-corrected chi connectivity index (χ1v) is 4.94. The SMILES string of the molecule is COC1=C(C)CCC(O)(C(C)C)C1=O. The number of methoxy groups -OCH3 is 1. The maximum Gasteiger partial charge on any atom is 0.228 e. The Kier molecular flexibility index (Phi) is 3.00. The van der Waals surface area contributed by atoms with Crippen LogP contribution in [0.2, 0.25) is 0 Å². The lowest BCUT2D eigenvalue weighted by Gasteiger charge is -2.34. The molecule has 1 N–H and O–H groups in total. The first kappa shape index (κ1) is 11.2. The first-order valence-electron chi connectivity index (χ1n) is 4.94. The van der Waals surface area contributed by atoms with Gasteiger partial charge in [-0.3, -0.25) is 4.79 Å². The molecular weight excluding hydrogens is 180 g/mol. The van der Waals surface area contributed by atoms with Gasteiger partial charge in [0.15, 0.2) is 5.76 Å². The molecule has 1 aliphatic rings. The van der Waals surface area contributed by atoms with Crippen molar-refractivity contribution in [3.63, 3.8) is 0 Å². The largest absolute Gasteiger partial charge is 0.493 e. The Morgan fingerprint density at radius 2 is 2.07 bits per heavy atom. The fourth-order valence-electron chi connectivity index (χ4n) is 1.81. The number of Topliss-reactive ketones (excluding diaryl/α,β-unsaturated/α-hetero) is 1. The molecule has 3 heteroatoms. The molecule has 0 saturated heterocycles. The van der Waals surface area contributed by atoms with Gasteiger partial charge in [0.1, 0.15) is 5.60 Å². The van der Waals surface area contributed by atoms with Crippen LogP contribution in [-0.4, -0.2) is 23.6 Å². The van der Waals surface area contributed by atoms with Gasteiger partial charge in [-0.2, -0.15) is 0 Å². The molecule has 0 saturated carbocycles. The first-order chi connectivity index (χ1) is 6.43. The second-order valence-electron chi connectivity index (χ2n) is 4.22. The van der Waals surface area contributed by atoms with Crippen LogP contribution in [0.1, 0.15) is 33.6 Å². The van der Waals surface area contributed by atoms with E-state index in [1.165, 1.54) is 7.11 Å². The molecule has 0 aromatic carbocycles. The van der Waals surface area contributed by atoms with Crippen LogP contribution in [0.5, 0.6) is 0 Å². The van der Waals surface area contributed by atoms with Gasteiger partial charge in [0, 0.05) is 0 Å². The summed E-state index contributed by atoms with van der Waals surface area (Å²) in [5, 5.41) is 10.2. The highest BCUT2D eigenvalue weighted by Crippen LogP contribution is 2.34. The molecular formula is C11H18O3. The van der Waals surface area contributed by atoms with Crippen molar-refractivity contribution in [3.05, 3.63) is 11.3 Å². The highest BCUT2D eigenvalue weighted by molar-refractivity contribution is 6.01. The summed E-state index contributed by atoms with van der Waals surface area (Å²) in [5.74, 6) is -0.000509. The Morgan fingerprint density at radius 1 is 1.50 bits per heavy atom. The molecule has 1 aliphatic carbocycles. The second-order valence-corrected chi connectivity index (χ2v) is 4.22. The molecule has 1 atom stereocenters. The molecule has 0 aromatic heterocycles. The van der Waals surface area contributed by atoms with E-state index in [4.69, 9.17) is 4.74 Å². The third-order valence-electron chi connectivity index (χ3n) is 3.03. The summed E-state index contributed by atoms with van der Waals surface area (Å²) in [7, 11) is 1.48. The zero-order valence-electron chi connectivity index (χ0n) is 9.26. The minimum atomic E-state index is -1.23. The Morgan fingerprint density at radius 3 is 2.50 bits per heavy atom. The van der Waals surface area contributed by atoms with Crippen LogP contribution in [0.3, 0.4) is 0 Å². The molecule has 0 aliphatic heterocycles. The van der Waals surface area contributed by atoms with Crippen LogP contribution in [0.4, 0.5) is 0 Å². The van der Waals surface area contributed by atoms with Crippen LogP contribution in [0.15, 0.2) is 11.3 Å². The van der Waals surface area contributed by atoms with Gasteiger partial charge in [-0.15, -0.1) is 0 Å². The molecule has 80 valence electrons. The van der Waals surface area contributed by atoms with Crippen molar-refractivity contribution in [2.75, 3.05) is 7.11 Å². The summed E-state index contributed by atoms with van der Waals surface area (Å²) in [6, 6.07) is 0. The van der Waals surface area contributed by atoms with Gasteiger partial charge in [0.2, 0.25) is 5.78 Å². The van der Waals surface area contributed by atoms with Crippen LogP contribution >= 0.6 is 0 Å². The molecule has 0 bridgehead atoms. The van der Waals surface area contributed by atoms with Crippen molar-refractivity contribution < 1.29 is 14.6 Å². The maximum absolute atomic E-state index is 11.9. The fraction of sp³-hybridized carbons (Fsp3) is 0.727. The number of ether oxygens (including phenoxy) is 1. The van der Waals surface area contributed by atoms with Crippen LogP contribution in [-0.2, 0) is 9.53 Å². The zero-order chi connectivity index (χ0) is 10.9. The minimum Gasteiger partial charge on any atom is -0.493 e. The topological polar surface area (TPSA) is 46.5 Å². The Bertz CT molecular complexity index is 278. The molecule has 0 fully saturated rings. The second kappa shape index (κ2) is 3.73. The predicted octanol–water partition coefficient (Wildman–Crippen LogP) is 1.66. The number of aliphatic hydroxyl groups is 1. The number of ketones is 1. The molecule has 1 unspecified atom stereocenters. The molecule has 0 spiro atoms. The van der Waals surface area contributed by atoms with Crippen molar-refractivity contribution in [2.24, 2.45) is 5.92 Å². The summed E-state index contributed by atoms with van der Waals surface area (Å²) in [5.41, 5.74) is -0.298. The molecule has 3 nitrogen and oxygen atoms in total. The van der Waals surface area contributed by atoms with Gasteiger partial charge in [-0.05, 0) is 31.3 Å². The van der Waals surface area contributed by atoms with E-state index in [9.17, 15) is 9.90 Å². The lowest BCUT2D eigenvalue weighted by molar-refractivity contribution is -0.143. The molecule has 14 heavy (non-hydrogen) atoms. The predicted molar refractivity (Wildman–Crippen MR) is 53.7 cm³/mol. The van der Waals surface area contributed by atoms with Crippen molar-refractivity contribution >= 4 is 5.78 Å². The highest BCUT2D eigenvalue weighted by atomic mass is 16.5. The van der Waals surface area contributed by atoms with Gasteiger partial charge in [-0.1, -0.05) is 13.8 Å². The number of allylic oxidation sites excluding steroid dienone is 1.